The standard InChI is InChI=1S/C55H44/c1-54(2,46-20-11-18-40(33-46)36-14-9-16-38(29-36)42-25-27-49-45(31-42)32-44-13-5-6-22-48(44)49)47-21-12-19-41(34-47)37-15-10-17-39(30-37)43-26-28-51-50-23-7-8-24-52(50)55(3,4)53(51)35-43/h5-31,33-35H,32H2,1-4H3. The highest BCUT2D eigenvalue weighted by Crippen LogP contribution is 2.49. The first-order chi connectivity index (χ1) is 26.7. The Morgan fingerprint density at radius 1 is 0.345 bits per heavy atom. The zero-order valence-corrected chi connectivity index (χ0v) is 32.0. The van der Waals surface area contributed by atoms with Gasteiger partial charge in [-0.2, -0.15) is 0 Å². The topological polar surface area (TPSA) is 0 Å². The molecule has 10 rings (SSSR count). The molecule has 0 aliphatic heterocycles. The molecule has 8 aromatic carbocycles. The summed E-state index contributed by atoms with van der Waals surface area (Å²) >= 11 is 0. The zero-order valence-electron chi connectivity index (χ0n) is 32.0. The molecule has 0 amide bonds. The quantitative estimate of drug-likeness (QED) is 0.162. The highest BCUT2D eigenvalue weighted by atomic mass is 14.4. The van der Waals surface area contributed by atoms with Gasteiger partial charge in [0.25, 0.3) is 0 Å². The molecule has 0 aromatic heterocycles. The first-order valence-electron chi connectivity index (χ1n) is 19.6. The molecule has 0 nitrogen and oxygen atoms in total. The molecule has 0 atom stereocenters. The summed E-state index contributed by atoms with van der Waals surface area (Å²) in [6.45, 7) is 9.41. The van der Waals surface area contributed by atoms with Crippen LogP contribution in [-0.2, 0) is 17.3 Å². The fraction of sp³-hybridized carbons (Fsp3) is 0.127. The fourth-order valence-corrected chi connectivity index (χ4v) is 9.31. The summed E-state index contributed by atoms with van der Waals surface area (Å²) < 4.78 is 0. The normalized spacial score (nSPS) is 13.5. The van der Waals surface area contributed by atoms with Gasteiger partial charge in [0, 0.05) is 10.8 Å². The molecule has 2 aliphatic rings. The van der Waals surface area contributed by atoms with E-state index in [1.165, 1.54) is 100 Å². The molecule has 2 aliphatic carbocycles. The maximum atomic E-state index is 2.42. The summed E-state index contributed by atoms with van der Waals surface area (Å²) in [5.41, 5.74) is 23.5. The van der Waals surface area contributed by atoms with E-state index in [1.54, 1.807) is 0 Å². The number of hydrogen-bond donors (Lipinski definition) is 0. The summed E-state index contributed by atoms with van der Waals surface area (Å²) in [5, 5.41) is 0. The van der Waals surface area contributed by atoms with Crippen LogP contribution in [0.2, 0.25) is 0 Å². The van der Waals surface area contributed by atoms with E-state index in [0.717, 1.165) is 6.42 Å². The van der Waals surface area contributed by atoms with Gasteiger partial charge in [-0.25, -0.2) is 0 Å². The smallest absolute Gasteiger partial charge is 0.0159 e. The molecule has 0 radical (unpaired) electrons. The van der Waals surface area contributed by atoms with Crippen LogP contribution in [0.25, 0.3) is 66.8 Å². The summed E-state index contributed by atoms with van der Waals surface area (Å²) in [6.07, 6.45) is 1.01. The lowest BCUT2D eigenvalue weighted by Gasteiger charge is -2.27. The molecule has 0 N–H and O–H groups in total. The van der Waals surface area contributed by atoms with E-state index in [1.807, 2.05) is 0 Å². The van der Waals surface area contributed by atoms with E-state index in [-0.39, 0.29) is 10.8 Å². The SMILES string of the molecule is CC(C)(c1cccc(-c2cccc(-c3ccc4c(c3)Cc3ccccc3-4)c2)c1)c1cccc(-c2cccc(-c3ccc4c(c3)C(C)(C)c3ccccc3-4)c2)c1. The van der Waals surface area contributed by atoms with Gasteiger partial charge in [-0.15, -0.1) is 0 Å². The van der Waals surface area contributed by atoms with E-state index in [0.29, 0.717) is 0 Å². The van der Waals surface area contributed by atoms with Crippen LogP contribution in [0.5, 0.6) is 0 Å². The van der Waals surface area contributed by atoms with Crippen molar-refractivity contribution < 1.29 is 0 Å². The van der Waals surface area contributed by atoms with Crippen molar-refractivity contribution in [2.45, 2.75) is 44.9 Å². The Morgan fingerprint density at radius 2 is 0.782 bits per heavy atom. The second-order valence-electron chi connectivity index (χ2n) is 16.6. The van der Waals surface area contributed by atoms with Gasteiger partial charge < -0.3 is 0 Å². The minimum absolute atomic E-state index is 0.0186. The number of fused-ring (bicyclic) bond motifs is 6. The second-order valence-corrected chi connectivity index (χ2v) is 16.6. The molecule has 55 heavy (non-hydrogen) atoms. The first kappa shape index (κ1) is 33.3. The summed E-state index contributed by atoms with van der Waals surface area (Å²) in [4.78, 5) is 0. The average molecular weight is 705 g/mol. The molecule has 0 unspecified atom stereocenters. The average Bonchev–Trinajstić information content (AvgIpc) is 3.72. The van der Waals surface area contributed by atoms with E-state index in [9.17, 15) is 0 Å². The largest absolute Gasteiger partial charge is 0.0619 e. The Labute approximate surface area is 325 Å². The molecule has 0 saturated heterocycles. The Kier molecular flexibility index (Phi) is 7.68. The first-order valence-corrected chi connectivity index (χ1v) is 19.6. The van der Waals surface area contributed by atoms with Crippen molar-refractivity contribution in [1.29, 1.82) is 0 Å². The molecule has 0 spiro atoms. The van der Waals surface area contributed by atoms with E-state index in [4.69, 9.17) is 0 Å². The molecule has 8 aromatic rings. The highest BCUT2D eigenvalue weighted by molar-refractivity contribution is 5.85. The van der Waals surface area contributed by atoms with Crippen molar-refractivity contribution in [1.82, 2.24) is 0 Å². The van der Waals surface area contributed by atoms with Gasteiger partial charge in [-0.1, -0.05) is 191 Å². The van der Waals surface area contributed by atoms with Crippen molar-refractivity contribution in [3.63, 3.8) is 0 Å². The molecule has 0 heteroatoms. The minimum Gasteiger partial charge on any atom is -0.0619 e. The van der Waals surface area contributed by atoms with Crippen LogP contribution in [0.4, 0.5) is 0 Å². The lowest BCUT2D eigenvalue weighted by Crippen LogP contribution is -2.19. The second kappa shape index (κ2) is 12.7. The fourth-order valence-electron chi connectivity index (χ4n) is 9.31. The molecule has 0 fully saturated rings. The highest BCUT2D eigenvalue weighted by Gasteiger charge is 2.35. The third kappa shape index (κ3) is 5.59. The van der Waals surface area contributed by atoms with Crippen molar-refractivity contribution in [3.8, 4) is 66.8 Å². The maximum Gasteiger partial charge on any atom is 0.0159 e. The molecule has 0 saturated carbocycles. The molecular formula is C55H44. The molecule has 264 valence electrons. The van der Waals surface area contributed by atoms with Crippen LogP contribution in [0.3, 0.4) is 0 Å². The summed E-state index contributed by atoms with van der Waals surface area (Å²) in [6, 6.07) is 68.1. The number of hydrogen-bond acceptors (Lipinski definition) is 0. The van der Waals surface area contributed by atoms with Gasteiger partial charge in [-0.05, 0) is 125 Å². The Balaban J connectivity index is 0.932. The monoisotopic (exact) mass is 704 g/mol. The lowest BCUT2D eigenvalue weighted by molar-refractivity contribution is 0.641. The summed E-state index contributed by atoms with van der Waals surface area (Å²) in [5.74, 6) is 0. The van der Waals surface area contributed by atoms with Crippen molar-refractivity contribution in [2.24, 2.45) is 0 Å². The van der Waals surface area contributed by atoms with E-state index in [2.05, 4.69) is 210 Å². The van der Waals surface area contributed by atoms with Gasteiger partial charge in [0.15, 0.2) is 0 Å². The van der Waals surface area contributed by atoms with Crippen molar-refractivity contribution in [3.05, 3.63) is 215 Å². The van der Waals surface area contributed by atoms with Gasteiger partial charge >= 0.3 is 0 Å². The molecule has 0 bridgehead atoms. The minimum atomic E-state index is -0.198. The maximum absolute atomic E-state index is 2.42. The predicted octanol–water partition coefficient (Wildman–Crippen LogP) is 14.6. The van der Waals surface area contributed by atoms with Crippen LogP contribution in [-0.4, -0.2) is 0 Å². The zero-order chi connectivity index (χ0) is 37.3. The summed E-state index contributed by atoms with van der Waals surface area (Å²) in [7, 11) is 0. The van der Waals surface area contributed by atoms with Crippen LogP contribution in [0, 0.1) is 0 Å². The van der Waals surface area contributed by atoms with Crippen molar-refractivity contribution >= 4 is 0 Å². The van der Waals surface area contributed by atoms with E-state index < -0.39 is 0 Å². The van der Waals surface area contributed by atoms with Gasteiger partial charge in [-0.3, -0.25) is 0 Å². The third-order valence-electron chi connectivity index (χ3n) is 12.6. The predicted molar refractivity (Wildman–Crippen MR) is 233 cm³/mol. The third-order valence-corrected chi connectivity index (χ3v) is 12.6. The van der Waals surface area contributed by atoms with Gasteiger partial charge in [0.1, 0.15) is 0 Å². The number of benzene rings is 8. The Bertz CT molecular complexity index is 2790. The molecular weight excluding hydrogens is 661 g/mol. The lowest BCUT2D eigenvalue weighted by atomic mass is 9.76. The van der Waals surface area contributed by atoms with Crippen LogP contribution >= 0.6 is 0 Å². The molecule has 0 heterocycles. The van der Waals surface area contributed by atoms with Gasteiger partial charge in [0.2, 0.25) is 0 Å². The van der Waals surface area contributed by atoms with Gasteiger partial charge in [0.05, 0.1) is 0 Å². The van der Waals surface area contributed by atoms with Crippen LogP contribution in [0.1, 0.15) is 61.1 Å². The van der Waals surface area contributed by atoms with E-state index >= 15 is 0 Å². The van der Waals surface area contributed by atoms with Crippen molar-refractivity contribution in [2.75, 3.05) is 0 Å². The van der Waals surface area contributed by atoms with Crippen LogP contribution in [0.15, 0.2) is 182 Å². The Hall–Kier alpha value is -6.24. The number of rotatable bonds is 6. The van der Waals surface area contributed by atoms with Crippen LogP contribution < -0.4 is 0 Å². The Morgan fingerprint density at radius 3 is 1.40 bits per heavy atom.